The molecule has 1 aromatic rings. The zero-order valence-corrected chi connectivity index (χ0v) is 8.50. The third-order valence-electron chi connectivity index (χ3n) is 1.74. The van der Waals surface area contributed by atoms with Crippen LogP contribution in [0.2, 0.25) is 0 Å². The van der Waals surface area contributed by atoms with Crippen molar-refractivity contribution >= 4 is 17.5 Å². The van der Waals surface area contributed by atoms with Crippen LogP contribution in [0.25, 0.3) is 0 Å². The van der Waals surface area contributed by atoms with Crippen molar-refractivity contribution in [2.45, 2.75) is 0 Å². The van der Waals surface area contributed by atoms with Crippen LogP contribution in [0.1, 0.15) is 0 Å². The molecule has 0 saturated carbocycles. The number of anilines is 1. The van der Waals surface area contributed by atoms with Gasteiger partial charge < -0.3 is 10.6 Å². The maximum absolute atomic E-state index is 13.1. The van der Waals surface area contributed by atoms with E-state index in [2.05, 4.69) is 17.2 Å². The average Bonchev–Trinajstić information content (AvgIpc) is 2.28. The fourth-order valence-corrected chi connectivity index (χ4v) is 0.987. The lowest BCUT2D eigenvalue weighted by Gasteiger charge is -2.05. The van der Waals surface area contributed by atoms with E-state index < -0.39 is 17.6 Å². The molecule has 0 atom stereocenters. The molecule has 2 N–H and O–H groups in total. The van der Waals surface area contributed by atoms with Crippen molar-refractivity contribution in [2.75, 3.05) is 11.9 Å². The first-order chi connectivity index (χ1) is 7.65. The van der Waals surface area contributed by atoms with Crippen LogP contribution in [0, 0.1) is 5.82 Å². The number of para-hydroxylation sites is 1. The van der Waals surface area contributed by atoms with Gasteiger partial charge in [-0.3, -0.25) is 9.59 Å². The molecule has 0 aliphatic rings. The van der Waals surface area contributed by atoms with Gasteiger partial charge in [0.2, 0.25) is 0 Å². The zero-order chi connectivity index (χ0) is 12.0. The van der Waals surface area contributed by atoms with Crippen LogP contribution in [0.15, 0.2) is 36.9 Å². The molecule has 0 heterocycles. The van der Waals surface area contributed by atoms with E-state index in [0.717, 1.165) is 0 Å². The van der Waals surface area contributed by atoms with Gasteiger partial charge in [0, 0.05) is 6.54 Å². The molecule has 0 aromatic heterocycles. The SMILES string of the molecule is C=CCNC(=O)C(=O)Nc1ccccc1F. The second-order valence-electron chi connectivity index (χ2n) is 2.93. The van der Waals surface area contributed by atoms with E-state index in [1.54, 1.807) is 6.07 Å². The highest BCUT2D eigenvalue weighted by molar-refractivity contribution is 6.39. The summed E-state index contributed by atoms with van der Waals surface area (Å²) >= 11 is 0. The molecular formula is C11H11FN2O2. The van der Waals surface area contributed by atoms with Crippen molar-refractivity contribution in [1.82, 2.24) is 5.32 Å². The van der Waals surface area contributed by atoms with E-state index in [0.29, 0.717) is 0 Å². The van der Waals surface area contributed by atoms with Gasteiger partial charge in [-0.25, -0.2) is 4.39 Å². The summed E-state index contributed by atoms with van der Waals surface area (Å²) in [6.45, 7) is 3.57. The highest BCUT2D eigenvalue weighted by Gasteiger charge is 2.13. The van der Waals surface area contributed by atoms with Gasteiger partial charge in [0.1, 0.15) is 5.82 Å². The fourth-order valence-electron chi connectivity index (χ4n) is 0.987. The fraction of sp³-hybridized carbons (Fsp3) is 0.0909. The van der Waals surface area contributed by atoms with E-state index in [-0.39, 0.29) is 12.2 Å². The number of hydrogen-bond donors (Lipinski definition) is 2. The molecule has 4 nitrogen and oxygen atoms in total. The standard InChI is InChI=1S/C11H11FN2O2/c1-2-7-13-10(15)11(16)14-9-6-4-3-5-8(9)12/h2-6H,1,7H2,(H,13,15)(H,14,16). The van der Waals surface area contributed by atoms with Crippen molar-refractivity contribution in [3.8, 4) is 0 Å². The van der Waals surface area contributed by atoms with Gasteiger partial charge in [-0.2, -0.15) is 0 Å². The summed E-state index contributed by atoms with van der Waals surface area (Å²) in [7, 11) is 0. The molecule has 0 aliphatic heterocycles. The Balaban J connectivity index is 2.61. The van der Waals surface area contributed by atoms with Crippen molar-refractivity contribution in [2.24, 2.45) is 0 Å². The Morgan fingerprint density at radius 3 is 2.62 bits per heavy atom. The largest absolute Gasteiger partial charge is 0.344 e. The highest BCUT2D eigenvalue weighted by atomic mass is 19.1. The number of halogens is 1. The number of nitrogens with one attached hydrogen (secondary N) is 2. The molecule has 2 amide bonds. The van der Waals surface area contributed by atoms with Crippen LogP contribution in [0.5, 0.6) is 0 Å². The molecule has 0 aliphatic carbocycles. The summed E-state index contributed by atoms with van der Waals surface area (Å²) in [5.41, 5.74) is -0.0266. The summed E-state index contributed by atoms with van der Waals surface area (Å²) in [4.78, 5) is 22.4. The molecule has 0 fully saturated rings. The lowest BCUT2D eigenvalue weighted by molar-refractivity contribution is -0.136. The Hall–Kier alpha value is -2.17. The summed E-state index contributed by atoms with van der Waals surface area (Å²) < 4.78 is 13.1. The highest BCUT2D eigenvalue weighted by Crippen LogP contribution is 2.11. The van der Waals surface area contributed by atoms with E-state index in [1.165, 1.54) is 24.3 Å². The van der Waals surface area contributed by atoms with Gasteiger partial charge >= 0.3 is 11.8 Å². The molecule has 5 heteroatoms. The first kappa shape index (κ1) is 11.9. The minimum absolute atomic E-state index is 0.0266. The van der Waals surface area contributed by atoms with Crippen molar-refractivity contribution in [3.05, 3.63) is 42.7 Å². The Kier molecular flexibility index (Phi) is 4.20. The molecule has 84 valence electrons. The van der Waals surface area contributed by atoms with Crippen molar-refractivity contribution in [1.29, 1.82) is 0 Å². The number of carbonyl (C=O) groups is 2. The molecule has 0 spiro atoms. The number of amides is 2. The van der Waals surface area contributed by atoms with Gasteiger partial charge in [0.05, 0.1) is 5.69 Å². The zero-order valence-electron chi connectivity index (χ0n) is 8.50. The third-order valence-corrected chi connectivity index (χ3v) is 1.74. The minimum Gasteiger partial charge on any atom is -0.344 e. The predicted octanol–water partition coefficient (Wildman–Crippen LogP) is 1.07. The van der Waals surface area contributed by atoms with Gasteiger partial charge in [-0.1, -0.05) is 18.2 Å². The summed E-state index contributed by atoms with van der Waals surface area (Å²) in [5.74, 6) is -2.33. The maximum Gasteiger partial charge on any atom is 0.313 e. The second kappa shape index (κ2) is 5.65. The lowest BCUT2D eigenvalue weighted by Crippen LogP contribution is -2.35. The average molecular weight is 222 g/mol. The summed E-state index contributed by atoms with van der Waals surface area (Å²) in [5, 5.41) is 4.44. The molecule has 0 saturated heterocycles. The first-order valence-electron chi connectivity index (χ1n) is 4.59. The Bertz CT molecular complexity index is 418. The van der Waals surface area contributed by atoms with Gasteiger partial charge in [0.15, 0.2) is 0 Å². The van der Waals surface area contributed by atoms with E-state index in [1.807, 2.05) is 0 Å². The summed E-state index contributed by atoms with van der Waals surface area (Å²) in [6, 6.07) is 5.61. The van der Waals surface area contributed by atoms with Gasteiger partial charge in [-0.05, 0) is 12.1 Å². The van der Waals surface area contributed by atoms with Crippen LogP contribution in [-0.2, 0) is 9.59 Å². The topological polar surface area (TPSA) is 58.2 Å². The maximum atomic E-state index is 13.1. The Morgan fingerprint density at radius 2 is 2.00 bits per heavy atom. The number of hydrogen-bond acceptors (Lipinski definition) is 2. The lowest BCUT2D eigenvalue weighted by atomic mass is 10.3. The van der Waals surface area contributed by atoms with Crippen molar-refractivity contribution < 1.29 is 14.0 Å². The molecule has 0 bridgehead atoms. The van der Waals surface area contributed by atoms with Crippen LogP contribution >= 0.6 is 0 Å². The van der Waals surface area contributed by atoms with Crippen molar-refractivity contribution in [3.63, 3.8) is 0 Å². The molecule has 0 radical (unpaired) electrons. The number of carbonyl (C=O) groups excluding carboxylic acids is 2. The van der Waals surface area contributed by atoms with Crippen LogP contribution < -0.4 is 10.6 Å². The smallest absolute Gasteiger partial charge is 0.313 e. The Labute approximate surface area is 92.2 Å². The van der Waals surface area contributed by atoms with Crippen LogP contribution in [0.3, 0.4) is 0 Å². The number of benzene rings is 1. The van der Waals surface area contributed by atoms with Gasteiger partial charge in [-0.15, -0.1) is 6.58 Å². The second-order valence-corrected chi connectivity index (χ2v) is 2.93. The van der Waals surface area contributed by atoms with Crippen LogP contribution in [0.4, 0.5) is 10.1 Å². The Morgan fingerprint density at radius 1 is 1.31 bits per heavy atom. The molecule has 0 unspecified atom stereocenters. The van der Waals surface area contributed by atoms with Crippen LogP contribution in [-0.4, -0.2) is 18.4 Å². The third kappa shape index (κ3) is 3.20. The minimum atomic E-state index is -0.910. The van der Waals surface area contributed by atoms with E-state index in [4.69, 9.17) is 0 Å². The molecular weight excluding hydrogens is 211 g/mol. The monoisotopic (exact) mass is 222 g/mol. The van der Waals surface area contributed by atoms with Gasteiger partial charge in [0.25, 0.3) is 0 Å². The quantitative estimate of drug-likeness (QED) is 0.593. The predicted molar refractivity (Wildman–Crippen MR) is 58.2 cm³/mol. The number of rotatable bonds is 3. The molecule has 16 heavy (non-hydrogen) atoms. The molecule has 1 aromatic carbocycles. The van der Waals surface area contributed by atoms with E-state index in [9.17, 15) is 14.0 Å². The first-order valence-corrected chi connectivity index (χ1v) is 4.59. The normalized spacial score (nSPS) is 9.31. The summed E-state index contributed by atoms with van der Waals surface area (Å²) in [6.07, 6.45) is 1.44. The van der Waals surface area contributed by atoms with E-state index >= 15 is 0 Å². The molecule has 1 rings (SSSR count).